The number of fused-ring (bicyclic) bond motifs is 4. The molecule has 0 aliphatic carbocycles. The highest BCUT2D eigenvalue weighted by molar-refractivity contribution is 7.89. The number of hydrogen-bond acceptors (Lipinski definition) is 6. The van der Waals surface area contributed by atoms with E-state index in [1.54, 1.807) is 18.5 Å². The normalized spacial score (nSPS) is 12.1. The van der Waals surface area contributed by atoms with E-state index >= 15 is 0 Å². The molecule has 33 heavy (non-hydrogen) atoms. The van der Waals surface area contributed by atoms with Crippen LogP contribution >= 0.6 is 0 Å². The van der Waals surface area contributed by atoms with Crippen LogP contribution in [0, 0.1) is 0 Å². The fourth-order valence-corrected chi connectivity index (χ4v) is 4.95. The van der Waals surface area contributed by atoms with Crippen molar-refractivity contribution >= 4 is 48.5 Å². The van der Waals surface area contributed by atoms with Gasteiger partial charge in [0.25, 0.3) is 0 Å². The van der Waals surface area contributed by atoms with Gasteiger partial charge in [-0.3, -0.25) is 0 Å². The van der Waals surface area contributed by atoms with Gasteiger partial charge in [0.05, 0.1) is 35.5 Å². The van der Waals surface area contributed by atoms with Gasteiger partial charge in [0.1, 0.15) is 5.52 Å². The van der Waals surface area contributed by atoms with Crippen molar-refractivity contribution in [2.45, 2.75) is 11.4 Å². The molecule has 3 N–H and O–H groups in total. The fourth-order valence-electron chi connectivity index (χ4n) is 3.91. The molecule has 0 atom stereocenters. The lowest BCUT2D eigenvalue weighted by Crippen LogP contribution is -2.27. The van der Waals surface area contributed by atoms with Gasteiger partial charge in [-0.25, -0.2) is 23.1 Å². The van der Waals surface area contributed by atoms with Crippen LogP contribution in [0.25, 0.3) is 32.7 Å². The van der Waals surface area contributed by atoms with Gasteiger partial charge in [-0.15, -0.1) is 0 Å². The maximum Gasteiger partial charge on any atom is 0.240 e. The third-order valence-electron chi connectivity index (χ3n) is 5.53. The van der Waals surface area contributed by atoms with E-state index in [1.807, 2.05) is 59.2 Å². The quantitative estimate of drug-likeness (QED) is 0.343. The van der Waals surface area contributed by atoms with Crippen molar-refractivity contribution in [1.82, 2.24) is 19.3 Å². The van der Waals surface area contributed by atoms with E-state index in [2.05, 4.69) is 14.7 Å². The zero-order valence-corrected chi connectivity index (χ0v) is 18.6. The second-order valence-corrected chi connectivity index (χ2v) is 9.44. The van der Waals surface area contributed by atoms with Gasteiger partial charge in [0, 0.05) is 18.5 Å². The zero-order chi connectivity index (χ0) is 22.8. The van der Waals surface area contributed by atoms with Crippen molar-refractivity contribution in [3.63, 3.8) is 0 Å². The van der Waals surface area contributed by atoms with Crippen LogP contribution in [0.15, 0.2) is 78.0 Å². The smallest absolute Gasteiger partial charge is 0.240 e. The molecule has 0 unspecified atom stereocenters. The number of aromatic nitrogens is 3. The van der Waals surface area contributed by atoms with Gasteiger partial charge in [-0.1, -0.05) is 48.5 Å². The molecule has 168 valence electrons. The van der Waals surface area contributed by atoms with Crippen LogP contribution in [0.3, 0.4) is 0 Å². The number of nitrogens with two attached hydrogens (primary N) is 1. The molecular weight excluding hydrogens is 438 g/mol. The van der Waals surface area contributed by atoms with Crippen molar-refractivity contribution in [3.05, 3.63) is 73.1 Å². The number of nitrogens with one attached hydrogen (secondary N) is 1. The van der Waals surface area contributed by atoms with E-state index in [9.17, 15) is 8.42 Å². The molecule has 0 fully saturated rings. The Morgan fingerprint density at radius 3 is 2.64 bits per heavy atom. The van der Waals surface area contributed by atoms with Gasteiger partial charge >= 0.3 is 0 Å². The molecule has 5 rings (SSSR count). The van der Waals surface area contributed by atoms with Gasteiger partial charge in [-0.2, -0.15) is 0 Å². The number of para-hydroxylation sites is 1. The van der Waals surface area contributed by atoms with Gasteiger partial charge in [0.2, 0.25) is 10.0 Å². The molecule has 2 aromatic heterocycles. The van der Waals surface area contributed by atoms with Crippen molar-refractivity contribution in [3.8, 4) is 0 Å². The summed E-state index contributed by atoms with van der Waals surface area (Å²) in [5, 5.41) is 2.85. The first-order valence-electron chi connectivity index (χ1n) is 10.6. The first kappa shape index (κ1) is 21.3. The van der Waals surface area contributed by atoms with Crippen LogP contribution in [0.4, 0.5) is 5.82 Å². The summed E-state index contributed by atoms with van der Waals surface area (Å²) in [4.78, 5) is 9.05. The van der Waals surface area contributed by atoms with Crippen LogP contribution in [0.5, 0.6) is 0 Å². The Labute approximate surface area is 191 Å². The molecule has 0 bridgehead atoms. The van der Waals surface area contributed by atoms with Crippen molar-refractivity contribution in [1.29, 1.82) is 0 Å². The predicted octanol–water partition coefficient (Wildman–Crippen LogP) is 3.32. The Hall–Kier alpha value is -3.53. The summed E-state index contributed by atoms with van der Waals surface area (Å²) in [7, 11) is -3.61. The van der Waals surface area contributed by atoms with Crippen molar-refractivity contribution < 1.29 is 13.2 Å². The summed E-state index contributed by atoms with van der Waals surface area (Å²) >= 11 is 0. The zero-order valence-electron chi connectivity index (χ0n) is 17.8. The Morgan fingerprint density at radius 2 is 1.76 bits per heavy atom. The van der Waals surface area contributed by atoms with Crippen LogP contribution in [-0.4, -0.2) is 42.7 Å². The molecule has 0 saturated carbocycles. The number of hydrogen-bond donors (Lipinski definition) is 2. The number of sulfonamides is 1. The monoisotopic (exact) mass is 461 g/mol. The molecule has 9 heteroatoms. The van der Waals surface area contributed by atoms with E-state index < -0.39 is 10.0 Å². The average Bonchev–Trinajstić information content (AvgIpc) is 3.26. The number of ether oxygens (including phenoxy) is 1. The Bertz CT molecular complexity index is 1560. The number of benzene rings is 3. The van der Waals surface area contributed by atoms with Crippen LogP contribution in [0.1, 0.15) is 0 Å². The molecule has 2 heterocycles. The topological polar surface area (TPSA) is 112 Å². The van der Waals surface area contributed by atoms with E-state index in [0.717, 1.165) is 27.2 Å². The minimum absolute atomic E-state index is 0.180. The summed E-state index contributed by atoms with van der Waals surface area (Å²) in [5.41, 5.74) is 8.46. The summed E-state index contributed by atoms with van der Waals surface area (Å²) in [6, 6.07) is 20.5. The van der Waals surface area contributed by atoms with Gasteiger partial charge in [-0.05, 0) is 29.0 Å². The molecule has 0 amide bonds. The van der Waals surface area contributed by atoms with Crippen molar-refractivity contribution in [2.75, 3.05) is 25.5 Å². The number of imidazole rings is 1. The lowest BCUT2D eigenvalue weighted by Gasteiger charge is -2.10. The third kappa shape index (κ3) is 4.25. The summed E-state index contributed by atoms with van der Waals surface area (Å²) < 4.78 is 35.5. The molecule has 0 saturated heterocycles. The first-order chi connectivity index (χ1) is 16.0. The highest BCUT2D eigenvalue weighted by Gasteiger charge is 2.14. The first-order valence-corrected chi connectivity index (χ1v) is 12.1. The molecule has 5 aromatic rings. The molecule has 0 aliphatic rings. The third-order valence-corrected chi connectivity index (χ3v) is 6.99. The number of pyridine rings is 1. The molecular formula is C24H23N5O3S. The van der Waals surface area contributed by atoms with E-state index in [1.165, 1.54) is 0 Å². The SMILES string of the molecule is Nc1nc2ccccc2c2c1ncn2CCOCCNS(=O)(=O)c1ccc2ccccc2c1. The number of nitrogens with zero attached hydrogens (tertiary/aromatic N) is 3. The fraction of sp³-hybridized carbons (Fsp3) is 0.167. The largest absolute Gasteiger partial charge is 0.382 e. The molecule has 0 aliphatic heterocycles. The summed E-state index contributed by atoms with van der Waals surface area (Å²) in [6.45, 7) is 1.39. The second kappa shape index (κ2) is 8.78. The van der Waals surface area contributed by atoms with E-state index in [-0.39, 0.29) is 18.0 Å². The van der Waals surface area contributed by atoms with Crippen LogP contribution in [0.2, 0.25) is 0 Å². The van der Waals surface area contributed by atoms with E-state index in [0.29, 0.717) is 24.5 Å². The number of nitrogen functional groups attached to an aromatic ring is 1. The van der Waals surface area contributed by atoms with Gasteiger partial charge < -0.3 is 15.0 Å². The lowest BCUT2D eigenvalue weighted by atomic mass is 10.1. The lowest BCUT2D eigenvalue weighted by molar-refractivity contribution is 0.132. The summed E-state index contributed by atoms with van der Waals surface area (Å²) in [5.74, 6) is 0.395. The molecule has 8 nitrogen and oxygen atoms in total. The summed E-state index contributed by atoms with van der Waals surface area (Å²) in [6.07, 6.45) is 1.72. The van der Waals surface area contributed by atoms with Crippen LogP contribution in [-0.2, 0) is 21.3 Å². The molecule has 0 spiro atoms. The Kier molecular flexibility index (Phi) is 5.67. The average molecular weight is 462 g/mol. The number of anilines is 1. The highest BCUT2D eigenvalue weighted by atomic mass is 32.2. The van der Waals surface area contributed by atoms with E-state index in [4.69, 9.17) is 10.5 Å². The Morgan fingerprint density at radius 1 is 0.970 bits per heavy atom. The van der Waals surface area contributed by atoms with Crippen LogP contribution < -0.4 is 10.5 Å². The minimum atomic E-state index is -3.61. The van der Waals surface area contributed by atoms with Crippen molar-refractivity contribution in [2.24, 2.45) is 0 Å². The maximum atomic E-state index is 12.6. The maximum absolute atomic E-state index is 12.6. The molecule has 3 aromatic carbocycles. The minimum Gasteiger partial charge on any atom is -0.382 e. The standard InChI is InChI=1S/C24H23N5O3S/c25-24-22-23(20-7-3-4-8-21(20)28-24)29(16-26-22)12-14-32-13-11-27-33(30,31)19-10-9-17-5-1-2-6-18(17)15-19/h1-10,15-16,27H,11-14H2,(H2,25,28). The molecule has 0 radical (unpaired) electrons. The Balaban J connectivity index is 1.19. The number of rotatable bonds is 8. The second-order valence-electron chi connectivity index (χ2n) is 7.67. The van der Waals surface area contributed by atoms with Gasteiger partial charge in [0.15, 0.2) is 5.82 Å². The highest BCUT2D eigenvalue weighted by Crippen LogP contribution is 2.26. The predicted molar refractivity (Wildman–Crippen MR) is 129 cm³/mol.